The molecular formula is C13H10F2O. The van der Waals surface area contributed by atoms with E-state index in [1.807, 2.05) is 0 Å². The fourth-order valence-corrected chi connectivity index (χ4v) is 1.60. The molecule has 0 bridgehead atoms. The molecule has 0 radical (unpaired) electrons. The van der Waals surface area contributed by atoms with Crippen molar-refractivity contribution in [3.63, 3.8) is 0 Å². The molecule has 0 aromatic heterocycles. The van der Waals surface area contributed by atoms with Crippen LogP contribution in [0.25, 0.3) is 11.1 Å². The van der Waals surface area contributed by atoms with Gasteiger partial charge < -0.3 is 4.74 Å². The van der Waals surface area contributed by atoms with Crippen LogP contribution in [0.2, 0.25) is 0 Å². The van der Waals surface area contributed by atoms with Crippen molar-refractivity contribution < 1.29 is 13.5 Å². The van der Waals surface area contributed by atoms with Crippen LogP contribution >= 0.6 is 0 Å². The molecule has 0 aliphatic carbocycles. The number of benzene rings is 2. The van der Waals surface area contributed by atoms with E-state index in [4.69, 9.17) is 4.74 Å². The summed E-state index contributed by atoms with van der Waals surface area (Å²) in [5.41, 5.74) is 0.362. The summed E-state index contributed by atoms with van der Waals surface area (Å²) in [6.45, 7) is 0. The van der Waals surface area contributed by atoms with Crippen molar-refractivity contribution in [3.05, 3.63) is 54.1 Å². The third kappa shape index (κ3) is 1.76. The van der Waals surface area contributed by atoms with Crippen LogP contribution in [-0.2, 0) is 0 Å². The van der Waals surface area contributed by atoms with E-state index >= 15 is 0 Å². The zero-order chi connectivity index (χ0) is 11.5. The van der Waals surface area contributed by atoms with Gasteiger partial charge in [-0.3, -0.25) is 0 Å². The van der Waals surface area contributed by atoms with Gasteiger partial charge in [0.1, 0.15) is 17.4 Å². The normalized spacial score (nSPS) is 10.2. The maximum atomic E-state index is 13.7. The van der Waals surface area contributed by atoms with Crippen molar-refractivity contribution in [1.82, 2.24) is 0 Å². The molecule has 0 aliphatic heterocycles. The summed E-state index contributed by atoms with van der Waals surface area (Å²) in [6, 6.07) is 10.4. The molecular weight excluding hydrogens is 210 g/mol. The average molecular weight is 220 g/mol. The van der Waals surface area contributed by atoms with Crippen LogP contribution in [-0.4, -0.2) is 7.11 Å². The lowest BCUT2D eigenvalue weighted by molar-refractivity contribution is 0.413. The summed E-state index contributed by atoms with van der Waals surface area (Å²) < 4.78 is 32.2. The molecule has 0 saturated heterocycles. The Morgan fingerprint density at radius 1 is 0.875 bits per heavy atom. The lowest BCUT2D eigenvalue weighted by atomic mass is 10.0. The third-order valence-electron chi connectivity index (χ3n) is 2.34. The van der Waals surface area contributed by atoms with Crippen molar-refractivity contribution in [2.45, 2.75) is 0 Å². The Bertz CT molecular complexity index is 509. The molecule has 82 valence electrons. The lowest BCUT2D eigenvalue weighted by Gasteiger charge is -2.10. The highest BCUT2D eigenvalue weighted by molar-refractivity contribution is 5.71. The molecule has 0 fully saturated rings. The highest BCUT2D eigenvalue weighted by Gasteiger charge is 2.14. The van der Waals surface area contributed by atoms with E-state index in [0.29, 0.717) is 5.75 Å². The molecule has 0 heterocycles. The van der Waals surface area contributed by atoms with Gasteiger partial charge in [0.05, 0.1) is 12.7 Å². The smallest absolute Gasteiger partial charge is 0.134 e. The van der Waals surface area contributed by atoms with Gasteiger partial charge in [0, 0.05) is 5.56 Å². The van der Waals surface area contributed by atoms with E-state index in [0.717, 1.165) is 0 Å². The average Bonchev–Trinajstić information content (AvgIpc) is 2.30. The molecule has 2 aromatic carbocycles. The number of hydrogen-bond donors (Lipinski definition) is 0. The fraction of sp³-hybridized carbons (Fsp3) is 0.0769. The Labute approximate surface area is 92.3 Å². The van der Waals surface area contributed by atoms with E-state index in [1.165, 1.54) is 31.4 Å². The van der Waals surface area contributed by atoms with Crippen molar-refractivity contribution >= 4 is 0 Å². The fourth-order valence-electron chi connectivity index (χ4n) is 1.60. The number of methoxy groups -OCH3 is 1. The lowest BCUT2D eigenvalue weighted by Crippen LogP contribution is -1.93. The standard InChI is InChI=1S/C13H10F2O/c1-16-12-8-4-7-11(15)13(12)9-5-2-3-6-10(9)14/h2-8H,1H3. The van der Waals surface area contributed by atoms with Gasteiger partial charge >= 0.3 is 0 Å². The van der Waals surface area contributed by atoms with Gasteiger partial charge in [-0.15, -0.1) is 0 Å². The Balaban J connectivity index is 2.68. The second kappa shape index (κ2) is 4.31. The van der Waals surface area contributed by atoms with Crippen molar-refractivity contribution in [3.8, 4) is 16.9 Å². The van der Waals surface area contributed by atoms with E-state index in [2.05, 4.69) is 0 Å². The number of hydrogen-bond acceptors (Lipinski definition) is 1. The highest BCUT2D eigenvalue weighted by Crippen LogP contribution is 2.33. The first-order chi connectivity index (χ1) is 7.74. The maximum Gasteiger partial charge on any atom is 0.134 e. The van der Waals surface area contributed by atoms with Crippen LogP contribution in [0.15, 0.2) is 42.5 Å². The van der Waals surface area contributed by atoms with E-state index in [1.54, 1.807) is 18.2 Å². The molecule has 3 heteroatoms. The quantitative estimate of drug-likeness (QED) is 0.750. The van der Waals surface area contributed by atoms with Crippen LogP contribution in [0.5, 0.6) is 5.75 Å². The van der Waals surface area contributed by atoms with E-state index < -0.39 is 11.6 Å². The minimum atomic E-state index is -0.496. The van der Waals surface area contributed by atoms with Gasteiger partial charge in [-0.1, -0.05) is 24.3 Å². The molecule has 0 aliphatic rings. The number of rotatable bonds is 2. The summed E-state index contributed by atoms with van der Waals surface area (Å²) >= 11 is 0. The molecule has 0 saturated carbocycles. The van der Waals surface area contributed by atoms with Crippen molar-refractivity contribution in [1.29, 1.82) is 0 Å². The predicted octanol–water partition coefficient (Wildman–Crippen LogP) is 3.64. The number of ether oxygens (including phenoxy) is 1. The first-order valence-corrected chi connectivity index (χ1v) is 4.81. The summed E-state index contributed by atoms with van der Waals surface area (Å²) in [4.78, 5) is 0. The zero-order valence-corrected chi connectivity index (χ0v) is 8.71. The van der Waals surface area contributed by atoms with Gasteiger partial charge in [-0.2, -0.15) is 0 Å². The van der Waals surface area contributed by atoms with Crippen molar-refractivity contribution in [2.75, 3.05) is 7.11 Å². The van der Waals surface area contributed by atoms with E-state index in [9.17, 15) is 8.78 Å². The number of halogens is 2. The zero-order valence-electron chi connectivity index (χ0n) is 8.71. The largest absolute Gasteiger partial charge is 0.496 e. The second-order valence-corrected chi connectivity index (χ2v) is 3.30. The van der Waals surface area contributed by atoms with Gasteiger partial charge in [-0.05, 0) is 18.2 Å². The first-order valence-electron chi connectivity index (χ1n) is 4.81. The molecule has 2 aromatic rings. The topological polar surface area (TPSA) is 9.23 Å². The Morgan fingerprint density at radius 3 is 2.25 bits per heavy atom. The molecule has 0 spiro atoms. The SMILES string of the molecule is COc1cccc(F)c1-c1ccccc1F. The monoisotopic (exact) mass is 220 g/mol. The summed E-state index contributed by atoms with van der Waals surface area (Å²) in [7, 11) is 1.43. The highest BCUT2D eigenvalue weighted by atomic mass is 19.1. The molecule has 0 atom stereocenters. The van der Waals surface area contributed by atoms with Crippen molar-refractivity contribution in [2.24, 2.45) is 0 Å². The Kier molecular flexibility index (Phi) is 2.86. The van der Waals surface area contributed by atoms with Gasteiger partial charge in [0.25, 0.3) is 0 Å². The summed E-state index contributed by atoms with van der Waals surface area (Å²) in [6.07, 6.45) is 0. The van der Waals surface area contributed by atoms with Crippen LogP contribution < -0.4 is 4.74 Å². The molecule has 2 rings (SSSR count). The molecule has 1 nitrogen and oxygen atoms in total. The molecule has 16 heavy (non-hydrogen) atoms. The molecule has 0 amide bonds. The summed E-state index contributed by atoms with van der Waals surface area (Å²) in [5.74, 6) is -0.638. The minimum Gasteiger partial charge on any atom is -0.496 e. The van der Waals surface area contributed by atoms with Crippen LogP contribution in [0.4, 0.5) is 8.78 Å². The van der Waals surface area contributed by atoms with Gasteiger partial charge in [0.2, 0.25) is 0 Å². The van der Waals surface area contributed by atoms with Crippen LogP contribution in [0.1, 0.15) is 0 Å². The maximum absolute atomic E-state index is 13.7. The molecule has 0 N–H and O–H groups in total. The third-order valence-corrected chi connectivity index (χ3v) is 2.34. The Hall–Kier alpha value is -1.90. The van der Waals surface area contributed by atoms with Crippen LogP contribution in [0.3, 0.4) is 0 Å². The molecule has 0 unspecified atom stereocenters. The van der Waals surface area contributed by atoms with Crippen LogP contribution in [0, 0.1) is 11.6 Å². The van der Waals surface area contributed by atoms with E-state index in [-0.39, 0.29) is 11.1 Å². The first kappa shape index (κ1) is 10.6. The predicted molar refractivity (Wildman–Crippen MR) is 58.3 cm³/mol. The minimum absolute atomic E-state index is 0.156. The summed E-state index contributed by atoms with van der Waals surface area (Å²) in [5, 5.41) is 0. The van der Waals surface area contributed by atoms with Gasteiger partial charge in [0.15, 0.2) is 0 Å². The van der Waals surface area contributed by atoms with Gasteiger partial charge in [-0.25, -0.2) is 8.78 Å². The second-order valence-electron chi connectivity index (χ2n) is 3.30. The Morgan fingerprint density at radius 2 is 1.56 bits per heavy atom.